The summed E-state index contributed by atoms with van der Waals surface area (Å²) in [6.07, 6.45) is -0.769. The fraction of sp³-hybridized carbons (Fsp3) is 0.353. The third-order valence-electron chi connectivity index (χ3n) is 3.36. The van der Waals surface area contributed by atoms with E-state index in [2.05, 4.69) is 21.2 Å². The van der Waals surface area contributed by atoms with Crippen molar-refractivity contribution in [1.82, 2.24) is 4.90 Å². The van der Waals surface area contributed by atoms with Crippen LogP contribution in [0.25, 0.3) is 0 Å². The van der Waals surface area contributed by atoms with Gasteiger partial charge in [-0.05, 0) is 48.8 Å². The molecular formula is C17H18BrFN2O4S. The summed E-state index contributed by atoms with van der Waals surface area (Å²) in [5.41, 5.74) is -0.697. The summed E-state index contributed by atoms with van der Waals surface area (Å²) in [7, 11) is 0. The zero-order valence-electron chi connectivity index (χ0n) is 14.4. The lowest BCUT2D eigenvalue weighted by Gasteiger charge is -2.29. The number of hydrogen-bond donors (Lipinski definition) is 2. The Balaban J connectivity index is 2.24. The van der Waals surface area contributed by atoms with Crippen molar-refractivity contribution >= 4 is 50.8 Å². The second kappa shape index (κ2) is 7.71. The lowest BCUT2D eigenvalue weighted by atomic mass is 10.1. The molecule has 26 heavy (non-hydrogen) atoms. The Bertz CT molecular complexity index is 804. The van der Waals surface area contributed by atoms with E-state index in [4.69, 9.17) is 17.0 Å². The van der Waals surface area contributed by atoms with E-state index in [1.807, 2.05) is 0 Å². The maximum Gasteiger partial charge on any atom is 0.417 e. The van der Waals surface area contributed by atoms with E-state index in [1.54, 1.807) is 26.8 Å². The molecule has 2 amide bonds. The highest BCUT2D eigenvalue weighted by atomic mass is 79.9. The molecule has 1 heterocycles. The lowest BCUT2D eigenvalue weighted by Crippen LogP contribution is -2.46. The number of anilines is 1. The van der Waals surface area contributed by atoms with Crippen LogP contribution in [-0.4, -0.2) is 39.1 Å². The first kappa shape index (κ1) is 20.3. The van der Waals surface area contributed by atoms with Crippen LogP contribution in [0.3, 0.4) is 0 Å². The average Bonchev–Trinajstić information content (AvgIpc) is 2.50. The molecule has 0 radical (unpaired) electrons. The van der Waals surface area contributed by atoms with Gasteiger partial charge in [-0.3, -0.25) is 4.79 Å². The average molecular weight is 445 g/mol. The Hall–Kier alpha value is -2.00. The molecule has 1 aromatic rings. The molecule has 2 N–H and O–H groups in total. The SMILES string of the molecule is CC(C)(C)OC(=O)N1CCC(O)=C(C(=S)Nc2cccc(F)c2Br)C1=O. The van der Waals surface area contributed by atoms with Crippen molar-refractivity contribution in [2.24, 2.45) is 0 Å². The number of nitrogens with one attached hydrogen (secondary N) is 1. The number of nitrogens with zero attached hydrogens (tertiary/aromatic N) is 1. The molecule has 2 rings (SSSR count). The molecule has 6 nitrogen and oxygen atoms in total. The van der Waals surface area contributed by atoms with Crippen molar-refractivity contribution < 1.29 is 23.8 Å². The summed E-state index contributed by atoms with van der Waals surface area (Å²) < 4.78 is 19.0. The second-order valence-corrected chi connectivity index (χ2v) is 7.77. The predicted molar refractivity (Wildman–Crippen MR) is 103 cm³/mol. The summed E-state index contributed by atoms with van der Waals surface area (Å²) in [5, 5.41) is 12.8. The van der Waals surface area contributed by atoms with Crippen LogP contribution in [0.4, 0.5) is 14.9 Å². The Morgan fingerprint density at radius 3 is 2.69 bits per heavy atom. The molecule has 0 spiro atoms. The minimum absolute atomic E-state index is 0.0185. The van der Waals surface area contributed by atoms with E-state index >= 15 is 0 Å². The van der Waals surface area contributed by atoms with E-state index in [9.17, 15) is 19.1 Å². The van der Waals surface area contributed by atoms with Gasteiger partial charge in [0.15, 0.2) is 0 Å². The molecular weight excluding hydrogens is 427 g/mol. The number of aliphatic hydroxyl groups is 1. The van der Waals surface area contributed by atoms with Crippen molar-refractivity contribution in [3.05, 3.63) is 39.8 Å². The number of carbonyl (C=O) groups excluding carboxylic acids is 2. The molecule has 0 aromatic heterocycles. The first-order valence-electron chi connectivity index (χ1n) is 7.73. The van der Waals surface area contributed by atoms with Crippen LogP contribution in [0.2, 0.25) is 0 Å². The maximum atomic E-state index is 13.6. The van der Waals surface area contributed by atoms with E-state index in [0.29, 0.717) is 0 Å². The van der Waals surface area contributed by atoms with Crippen LogP contribution in [0.1, 0.15) is 27.2 Å². The first-order valence-corrected chi connectivity index (χ1v) is 8.93. The normalized spacial score (nSPS) is 15.1. The lowest BCUT2D eigenvalue weighted by molar-refractivity contribution is -0.126. The zero-order chi connectivity index (χ0) is 19.6. The minimum atomic E-state index is -0.817. The van der Waals surface area contributed by atoms with Gasteiger partial charge in [-0.1, -0.05) is 18.3 Å². The maximum absolute atomic E-state index is 13.6. The topological polar surface area (TPSA) is 78.9 Å². The molecule has 0 unspecified atom stereocenters. The number of imide groups is 1. The van der Waals surface area contributed by atoms with Gasteiger partial charge in [0.1, 0.15) is 27.7 Å². The molecule has 0 bridgehead atoms. The number of carbonyl (C=O) groups is 2. The number of halogens is 2. The number of benzene rings is 1. The fourth-order valence-electron chi connectivity index (χ4n) is 2.21. The number of aliphatic hydroxyl groups excluding tert-OH is 1. The van der Waals surface area contributed by atoms with Gasteiger partial charge in [0.25, 0.3) is 5.91 Å². The van der Waals surface area contributed by atoms with E-state index in [1.165, 1.54) is 12.1 Å². The highest BCUT2D eigenvalue weighted by molar-refractivity contribution is 9.10. The monoisotopic (exact) mass is 444 g/mol. The Kier molecular flexibility index (Phi) is 6.02. The zero-order valence-corrected chi connectivity index (χ0v) is 16.8. The molecule has 0 saturated heterocycles. The standard InChI is InChI=1S/C17H18BrFN2O4S/c1-17(2,3)25-16(24)21-8-7-11(22)12(15(21)23)14(26)20-10-6-4-5-9(19)13(10)18/h4-6,22H,7-8H2,1-3H3,(H,20,26). The van der Waals surface area contributed by atoms with Crippen LogP contribution >= 0.6 is 28.1 Å². The fourth-order valence-corrected chi connectivity index (χ4v) is 2.89. The number of amides is 2. The molecule has 0 atom stereocenters. The number of hydrogen-bond acceptors (Lipinski definition) is 5. The Morgan fingerprint density at radius 1 is 1.42 bits per heavy atom. The van der Waals surface area contributed by atoms with Crippen molar-refractivity contribution in [3.8, 4) is 0 Å². The first-order chi connectivity index (χ1) is 12.0. The second-order valence-electron chi connectivity index (χ2n) is 6.56. The molecule has 0 saturated carbocycles. The van der Waals surface area contributed by atoms with Gasteiger partial charge in [-0.2, -0.15) is 0 Å². The van der Waals surface area contributed by atoms with E-state index in [0.717, 1.165) is 4.90 Å². The number of thiocarbonyl (C=S) groups is 1. The van der Waals surface area contributed by atoms with Crippen molar-refractivity contribution in [2.75, 3.05) is 11.9 Å². The highest BCUT2D eigenvalue weighted by Crippen LogP contribution is 2.27. The van der Waals surface area contributed by atoms with Crippen molar-refractivity contribution in [2.45, 2.75) is 32.8 Å². The number of rotatable bonds is 2. The molecule has 140 valence electrons. The van der Waals surface area contributed by atoms with Gasteiger partial charge in [0.2, 0.25) is 0 Å². The van der Waals surface area contributed by atoms with Crippen LogP contribution in [0.5, 0.6) is 0 Å². The number of ether oxygens (including phenoxy) is 1. The highest BCUT2D eigenvalue weighted by Gasteiger charge is 2.36. The Labute approximate surface area is 164 Å². The summed E-state index contributed by atoms with van der Waals surface area (Å²) in [5.74, 6) is -1.52. The van der Waals surface area contributed by atoms with Crippen LogP contribution in [0, 0.1) is 5.82 Å². The molecule has 0 aliphatic carbocycles. The predicted octanol–water partition coefficient (Wildman–Crippen LogP) is 4.31. The van der Waals surface area contributed by atoms with Gasteiger partial charge in [0, 0.05) is 13.0 Å². The van der Waals surface area contributed by atoms with E-state index in [-0.39, 0.29) is 39.4 Å². The summed E-state index contributed by atoms with van der Waals surface area (Å²) in [6, 6.07) is 4.27. The molecule has 0 fully saturated rings. The summed E-state index contributed by atoms with van der Waals surface area (Å²) in [4.78, 5) is 25.6. The smallest absolute Gasteiger partial charge is 0.417 e. The van der Waals surface area contributed by atoms with Gasteiger partial charge in [-0.15, -0.1) is 0 Å². The van der Waals surface area contributed by atoms with Gasteiger partial charge in [-0.25, -0.2) is 14.1 Å². The summed E-state index contributed by atoms with van der Waals surface area (Å²) >= 11 is 8.28. The third kappa shape index (κ3) is 4.59. The van der Waals surface area contributed by atoms with Crippen LogP contribution in [-0.2, 0) is 9.53 Å². The summed E-state index contributed by atoms with van der Waals surface area (Å²) in [6.45, 7) is 5.03. The van der Waals surface area contributed by atoms with Crippen molar-refractivity contribution in [3.63, 3.8) is 0 Å². The van der Waals surface area contributed by atoms with E-state index < -0.39 is 23.4 Å². The molecule has 1 aliphatic heterocycles. The van der Waals surface area contributed by atoms with Crippen LogP contribution in [0.15, 0.2) is 34.0 Å². The molecule has 1 aliphatic rings. The van der Waals surface area contributed by atoms with Gasteiger partial charge >= 0.3 is 6.09 Å². The van der Waals surface area contributed by atoms with Gasteiger partial charge in [0.05, 0.1) is 10.2 Å². The molecule has 9 heteroatoms. The van der Waals surface area contributed by atoms with Crippen molar-refractivity contribution in [1.29, 1.82) is 0 Å². The Morgan fingerprint density at radius 2 is 2.08 bits per heavy atom. The van der Waals surface area contributed by atoms with Crippen LogP contribution < -0.4 is 5.32 Å². The largest absolute Gasteiger partial charge is 0.511 e. The molecule has 1 aromatic carbocycles. The quantitative estimate of drug-likeness (QED) is 0.661. The minimum Gasteiger partial charge on any atom is -0.511 e. The third-order valence-corrected chi connectivity index (χ3v) is 4.47. The van der Waals surface area contributed by atoms with Gasteiger partial charge < -0.3 is 15.2 Å².